The summed E-state index contributed by atoms with van der Waals surface area (Å²) in [4.78, 5) is 31.3. The predicted molar refractivity (Wildman–Crippen MR) is 163 cm³/mol. The Morgan fingerprint density at radius 3 is 2.50 bits per heavy atom. The summed E-state index contributed by atoms with van der Waals surface area (Å²) in [6.45, 7) is 3.82. The fourth-order valence-corrected chi connectivity index (χ4v) is 8.25. The first kappa shape index (κ1) is 28.5. The Morgan fingerprint density at radius 2 is 1.95 bits per heavy atom. The van der Waals surface area contributed by atoms with Gasteiger partial charge in [0.25, 0.3) is 11.5 Å². The van der Waals surface area contributed by atoms with Gasteiger partial charge in [-0.1, -0.05) is 45.9 Å². The second-order valence-electron chi connectivity index (χ2n) is 11.2. The summed E-state index contributed by atoms with van der Waals surface area (Å²) in [6, 6.07) is 6.00. The van der Waals surface area contributed by atoms with Crippen molar-refractivity contribution in [1.82, 2.24) is 14.8 Å². The number of alkyl halides is 2. The first-order valence-corrected chi connectivity index (χ1v) is 15.1. The Balaban J connectivity index is 1.48. The lowest BCUT2D eigenvalue weighted by atomic mass is 9.89. The molecule has 1 amide bonds. The highest BCUT2D eigenvalue weighted by molar-refractivity contribution is 7.39. The number of nitrogens with zero attached hydrogens (tertiary/aromatic N) is 3. The molecule has 206 valence electrons. The number of benzene rings is 1. The van der Waals surface area contributed by atoms with E-state index in [2.05, 4.69) is 59.1 Å². The number of rotatable bonds is 7. The van der Waals surface area contributed by atoms with E-state index in [1.54, 1.807) is 12.1 Å². The first-order chi connectivity index (χ1) is 17.7. The second-order valence-corrected chi connectivity index (χ2v) is 15.1. The van der Waals surface area contributed by atoms with Gasteiger partial charge in [-0.25, -0.2) is 8.78 Å². The van der Waals surface area contributed by atoms with Gasteiger partial charge in [0.2, 0.25) is 0 Å². The van der Waals surface area contributed by atoms with E-state index in [0.717, 1.165) is 18.7 Å². The first-order valence-electron chi connectivity index (χ1n) is 12.8. The molecule has 2 aromatic rings. The van der Waals surface area contributed by atoms with E-state index < -0.39 is 22.6 Å². The van der Waals surface area contributed by atoms with Gasteiger partial charge in [0.15, 0.2) is 5.15 Å². The number of fused-ring (bicyclic) bond motifs is 1. The van der Waals surface area contributed by atoms with Crippen LogP contribution in [0, 0.1) is 11.8 Å². The lowest BCUT2D eigenvalue weighted by molar-refractivity contribution is 0.0794. The average molecular weight is 598 g/mol. The zero-order chi connectivity index (χ0) is 27.7. The molecule has 2 aliphatic carbocycles. The van der Waals surface area contributed by atoms with Crippen LogP contribution in [0.4, 0.5) is 14.5 Å². The summed E-state index contributed by atoms with van der Waals surface area (Å²) in [5.74, 6) is 0.643. The summed E-state index contributed by atoms with van der Waals surface area (Å²) in [5.41, 5.74) is 1.82. The third-order valence-electron chi connectivity index (χ3n) is 8.52. The fraction of sp³-hybridized carbons (Fsp3) is 0.538. The van der Waals surface area contributed by atoms with Crippen LogP contribution in [0.1, 0.15) is 53.3 Å². The maximum Gasteiger partial charge on any atom is 0.255 e. The number of hydrogen-bond acceptors (Lipinski definition) is 4. The molecule has 3 fully saturated rings. The third kappa shape index (κ3) is 5.10. The normalized spacial score (nSPS) is 29.4. The van der Waals surface area contributed by atoms with E-state index in [4.69, 9.17) is 0 Å². The van der Waals surface area contributed by atoms with Crippen molar-refractivity contribution in [2.24, 2.45) is 11.8 Å². The van der Waals surface area contributed by atoms with Crippen LogP contribution in [-0.2, 0) is 5.15 Å². The molecule has 2 heterocycles. The minimum absolute atomic E-state index is 0.258. The highest BCUT2D eigenvalue weighted by Crippen LogP contribution is 2.51. The van der Waals surface area contributed by atoms with Crippen LogP contribution in [-0.4, -0.2) is 54.0 Å². The number of likely N-dealkylation sites (tertiary alicyclic amines) is 1. The minimum atomic E-state index is -1.70. The number of carbonyl (C=O) groups excluding carboxylic acids is 1. The van der Waals surface area contributed by atoms with E-state index in [1.807, 2.05) is 20.0 Å². The molecule has 12 heteroatoms. The highest BCUT2D eigenvalue weighted by atomic mass is 31.1. The van der Waals surface area contributed by atoms with Crippen molar-refractivity contribution in [2.45, 2.75) is 48.5 Å². The van der Waals surface area contributed by atoms with Crippen molar-refractivity contribution in [3.05, 3.63) is 57.5 Å². The molecule has 38 heavy (non-hydrogen) atoms. The molecule has 1 aromatic carbocycles. The molecule has 7 unspecified atom stereocenters. The molecule has 1 N–H and O–H groups in total. The van der Waals surface area contributed by atoms with Crippen LogP contribution >= 0.6 is 37.0 Å². The number of pyridine rings is 1. The highest BCUT2D eigenvalue weighted by Gasteiger charge is 2.57. The van der Waals surface area contributed by atoms with E-state index in [0.29, 0.717) is 46.8 Å². The summed E-state index contributed by atoms with van der Waals surface area (Å²) < 4.78 is 31.0. The minimum Gasteiger partial charge on any atom is -0.370 e. The number of carbonyl (C=O) groups is 1. The summed E-state index contributed by atoms with van der Waals surface area (Å²) in [7, 11) is 13.2. The van der Waals surface area contributed by atoms with Gasteiger partial charge in [-0.2, -0.15) is 0 Å². The third-order valence-corrected chi connectivity index (χ3v) is 10.5. The van der Waals surface area contributed by atoms with Gasteiger partial charge in [0.1, 0.15) is 5.41 Å². The standard InChI is InChI=1S/C26H36F2N4O2P4/c1-13(14-5-4-6-18(23(14)35)26(28,37)38)29-24(34)17-12-32(20-7-8-25(20,27)36)21(33)9-19(17)31(3)22-15-10-30(2)11-16(15)22/h4-6,9,12-13,15-16,20,22H,7-8,10-11,35-38H2,1-3H3,(H,29,34)/t13-,15?,16?,20+,22?,25?/m1/s1. The van der Waals surface area contributed by atoms with Gasteiger partial charge < -0.3 is 19.7 Å². The van der Waals surface area contributed by atoms with E-state index >= 15 is 0 Å². The number of halogens is 2. The number of nitrogens with one attached hydrogen (secondary N) is 1. The zero-order valence-corrected chi connectivity index (χ0v) is 26.4. The molecule has 1 aliphatic heterocycles. The smallest absolute Gasteiger partial charge is 0.255 e. The molecule has 9 atom stereocenters. The Kier molecular flexibility index (Phi) is 7.59. The number of piperidine rings is 1. The maximum atomic E-state index is 14.9. The van der Waals surface area contributed by atoms with E-state index in [1.165, 1.54) is 16.8 Å². The lowest BCUT2D eigenvalue weighted by Gasteiger charge is -2.41. The van der Waals surface area contributed by atoms with Gasteiger partial charge in [-0.15, -0.1) is 9.24 Å². The summed E-state index contributed by atoms with van der Waals surface area (Å²) in [6.07, 6.45) is 2.41. The molecule has 3 aliphatic rings. The van der Waals surface area contributed by atoms with Crippen molar-refractivity contribution in [2.75, 3.05) is 32.1 Å². The van der Waals surface area contributed by atoms with Crippen LogP contribution < -0.4 is 21.1 Å². The van der Waals surface area contributed by atoms with Gasteiger partial charge >= 0.3 is 0 Å². The Bertz CT molecular complexity index is 1320. The van der Waals surface area contributed by atoms with Gasteiger partial charge in [0, 0.05) is 44.0 Å². The van der Waals surface area contributed by atoms with Crippen molar-refractivity contribution < 1.29 is 13.6 Å². The molecule has 2 saturated carbocycles. The Hall–Kier alpha value is -1.02. The predicted octanol–water partition coefficient (Wildman–Crippen LogP) is 3.54. The van der Waals surface area contributed by atoms with Crippen LogP contribution in [0.15, 0.2) is 35.3 Å². The number of aromatic nitrogens is 1. The Labute approximate surface area is 231 Å². The molecule has 0 bridgehead atoms. The topological polar surface area (TPSA) is 57.6 Å². The second kappa shape index (κ2) is 10.1. The van der Waals surface area contributed by atoms with Crippen molar-refractivity contribution >= 4 is 53.9 Å². The van der Waals surface area contributed by atoms with Crippen LogP contribution in [0.5, 0.6) is 0 Å². The van der Waals surface area contributed by atoms with Crippen LogP contribution in [0.25, 0.3) is 0 Å². The molecule has 5 rings (SSSR count). The van der Waals surface area contributed by atoms with Crippen molar-refractivity contribution in [3.8, 4) is 0 Å². The zero-order valence-electron chi connectivity index (χ0n) is 21.8. The summed E-state index contributed by atoms with van der Waals surface area (Å²) >= 11 is 0. The van der Waals surface area contributed by atoms with Gasteiger partial charge in [0.05, 0.1) is 23.3 Å². The van der Waals surface area contributed by atoms with Gasteiger partial charge in [-0.3, -0.25) is 9.59 Å². The number of anilines is 1. The van der Waals surface area contributed by atoms with Crippen LogP contribution in [0.2, 0.25) is 0 Å². The van der Waals surface area contributed by atoms with Gasteiger partial charge in [-0.05, 0) is 49.5 Å². The van der Waals surface area contributed by atoms with E-state index in [9.17, 15) is 18.4 Å². The van der Waals surface area contributed by atoms with E-state index in [-0.39, 0.29) is 17.5 Å². The molecule has 0 radical (unpaired) electrons. The maximum absolute atomic E-state index is 14.9. The molecule has 1 saturated heterocycles. The summed E-state index contributed by atoms with van der Waals surface area (Å²) in [5, 5.41) is 0.455. The molecule has 0 spiro atoms. The largest absolute Gasteiger partial charge is 0.370 e. The molecule has 1 aromatic heterocycles. The Morgan fingerprint density at radius 1 is 1.29 bits per heavy atom. The molecular formula is C26H36F2N4O2P4. The van der Waals surface area contributed by atoms with Crippen molar-refractivity contribution in [3.63, 3.8) is 0 Å². The number of hydrogen-bond donors (Lipinski definition) is 1. The van der Waals surface area contributed by atoms with Crippen LogP contribution in [0.3, 0.4) is 0 Å². The SMILES string of the molecule is C[C@@H](NC(=O)c1cn([C@H]2CCC2(F)P)c(=O)cc1N(C)C1C2CN(C)CC21)c1cccc(C(F)(P)P)c1P. The van der Waals surface area contributed by atoms with Crippen molar-refractivity contribution in [1.29, 1.82) is 0 Å². The monoisotopic (exact) mass is 598 g/mol. The lowest BCUT2D eigenvalue weighted by Crippen LogP contribution is -2.44. The fourth-order valence-electron chi connectivity index (χ4n) is 6.26. The quantitative estimate of drug-likeness (QED) is 0.496. The molecule has 6 nitrogen and oxygen atoms in total. The number of amides is 1. The average Bonchev–Trinajstić information content (AvgIpc) is 3.33. The molecular weight excluding hydrogens is 562 g/mol.